The average molecular weight is 278 g/mol. The van der Waals surface area contributed by atoms with Crippen molar-refractivity contribution in [1.29, 1.82) is 0 Å². The van der Waals surface area contributed by atoms with Crippen LogP contribution >= 0.6 is 12.2 Å². The maximum atomic E-state index is 5.62. The molecule has 2 rings (SSSR count). The maximum absolute atomic E-state index is 5.62. The second kappa shape index (κ2) is 6.28. The number of aromatic nitrogens is 2. The first-order valence-electron chi connectivity index (χ1n) is 6.94. The van der Waals surface area contributed by atoms with Gasteiger partial charge in [-0.3, -0.25) is 0 Å². The van der Waals surface area contributed by atoms with Crippen LogP contribution in [0.15, 0.2) is 6.07 Å². The van der Waals surface area contributed by atoms with Crippen LogP contribution in [0.4, 0.5) is 5.95 Å². The van der Waals surface area contributed by atoms with Gasteiger partial charge in [-0.05, 0) is 37.7 Å². The number of aryl methyl sites for hydroxylation is 1. The molecule has 4 nitrogen and oxygen atoms in total. The van der Waals surface area contributed by atoms with Crippen LogP contribution in [0.2, 0.25) is 0 Å². The molecule has 0 bridgehead atoms. The van der Waals surface area contributed by atoms with Gasteiger partial charge in [0.15, 0.2) is 0 Å². The van der Waals surface area contributed by atoms with Crippen molar-refractivity contribution in [2.24, 2.45) is 17.6 Å². The summed E-state index contributed by atoms with van der Waals surface area (Å²) in [5.74, 6) is 2.25. The molecule has 1 aliphatic carbocycles. The highest BCUT2D eigenvalue weighted by Crippen LogP contribution is 2.28. The zero-order valence-electron chi connectivity index (χ0n) is 11.6. The fourth-order valence-electron chi connectivity index (χ4n) is 2.54. The number of nitrogens with two attached hydrogens (primary N) is 1. The lowest BCUT2D eigenvalue weighted by Gasteiger charge is -2.26. The Morgan fingerprint density at radius 3 is 2.68 bits per heavy atom. The van der Waals surface area contributed by atoms with Crippen molar-refractivity contribution in [3.05, 3.63) is 17.5 Å². The molecule has 1 heterocycles. The molecule has 0 unspecified atom stereocenters. The molecule has 1 aliphatic rings. The molecule has 19 heavy (non-hydrogen) atoms. The first-order chi connectivity index (χ1) is 9.04. The Kier molecular flexibility index (Phi) is 4.69. The quantitative estimate of drug-likeness (QED) is 0.829. The SMILES string of the molecule is Cc1cc(C(N)=S)nc(NCC2CCC(C)CC2)n1. The Bertz CT molecular complexity index is 453. The van der Waals surface area contributed by atoms with Crippen molar-refractivity contribution in [3.63, 3.8) is 0 Å². The van der Waals surface area contributed by atoms with Crippen LogP contribution in [-0.4, -0.2) is 21.5 Å². The molecule has 0 atom stereocenters. The van der Waals surface area contributed by atoms with Crippen molar-refractivity contribution in [2.45, 2.75) is 39.5 Å². The molecule has 0 aromatic carbocycles. The lowest BCUT2D eigenvalue weighted by molar-refractivity contribution is 0.300. The Morgan fingerprint density at radius 1 is 1.37 bits per heavy atom. The minimum absolute atomic E-state index is 0.319. The molecule has 1 aromatic rings. The summed E-state index contributed by atoms with van der Waals surface area (Å²) in [7, 11) is 0. The van der Waals surface area contributed by atoms with Gasteiger partial charge in [0.05, 0.1) is 0 Å². The zero-order valence-corrected chi connectivity index (χ0v) is 12.5. The van der Waals surface area contributed by atoms with Crippen LogP contribution < -0.4 is 11.1 Å². The first-order valence-corrected chi connectivity index (χ1v) is 7.34. The minimum Gasteiger partial charge on any atom is -0.388 e. The zero-order chi connectivity index (χ0) is 13.8. The normalized spacial score (nSPS) is 23.1. The topological polar surface area (TPSA) is 63.8 Å². The summed E-state index contributed by atoms with van der Waals surface area (Å²) in [6.07, 6.45) is 5.25. The van der Waals surface area contributed by atoms with Gasteiger partial charge in [0.25, 0.3) is 0 Å². The summed E-state index contributed by atoms with van der Waals surface area (Å²) in [6, 6.07) is 1.82. The second-order valence-electron chi connectivity index (χ2n) is 5.59. The van der Waals surface area contributed by atoms with Crippen molar-refractivity contribution in [3.8, 4) is 0 Å². The van der Waals surface area contributed by atoms with Gasteiger partial charge in [-0.25, -0.2) is 9.97 Å². The molecule has 1 saturated carbocycles. The van der Waals surface area contributed by atoms with Crippen molar-refractivity contribution in [1.82, 2.24) is 9.97 Å². The third-order valence-corrected chi connectivity index (χ3v) is 4.00. The van der Waals surface area contributed by atoms with Gasteiger partial charge in [-0.2, -0.15) is 0 Å². The van der Waals surface area contributed by atoms with Crippen LogP contribution in [0.5, 0.6) is 0 Å². The van der Waals surface area contributed by atoms with Gasteiger partial charge in [0.2, 0.25) is 5.95 Å². The number of nitrogens with zero attached hydrogens (tertiary/aromatic N) is 2. The molecule has 104 valence electrons. The molecule has 1 aromatic heterocycles. The summed E-state index contributed by atoms with van der Waals surface area (Å²) in [5.41, 5.74) is 7.15. The molecule has 0 saturated heterocycles. The molecular formula is C14H22N4S. The molecule has 0 spiro atoms. The second-order valence-corrected chi connectivity index (χ2v) is 6.03. The molecule has 0 aliphatic heterocycles. The third kappa shape index (κ3) is 4.13. The molecule has 1 fully saturated rings. The van der Waals surface area contributed by atoms with Crippen molar-refractivity contribution >= 4 is 23.2 Å². The molecule has 3 N–H and O–H groups in total. The van der Waals surface area contributed by atoms with Gasteiger partial charge in [-0.1, -0.05) is 32.0 Å². The van der Waals surface area contributed by atoms with E-state index in [0.29, 0.717) is 16.6 Å². The summed E-state index contributed by atoms with van der Waals surface area (Å²) in [6.45, 7) is 5.20. The van der Waals surface area contributed by atoms with E-state index in [1.165, 1.54) is 25.7 Å². The highest BCUT2D eigenvalue weighted by molar-refractivity contribution is 7.80. The fourth-order valence-corrected chi connectivity index (χ4v) is 2.65. The van der Waals surface area contributed by atoms with E-state index < -0.39 is 0 Å². The van der Waals surface area contributed by atoms with Crippen LogP contribution in [0, 0.1) is 18.8 Å². The predicted octanol–water partition coefficient (Wildman–Crippen LogP) is 2.66. The number of hydrogen-bond donors (Lipinski definition) is 2. The number of hydrogen-bond acceptors (Lipinski definition) is 4. The van der Waals surface area contributed by atoms with E-state index in [1.807, 2.05) is 13.0 Å². The number of anilines is 1. The summed E-state index contributed by atoms with van der Waals surface area (Å²) in [5, 5.41) is 3.33. The summed E-state index contributed by atoms with van der Waals surface area (Å²) in [4.78, 5) is 9.04. The number of thiocarbonyl (C=S) groups is 1. The monoisotopic (exact) mass is 278 g/mol. The largest absolute Gasteiger partial charge is 0.388 e. The van der Waals surface area contributed by atoms with E-state index >= 15 is 0 Å². The summed E-state index contributed by atoms with van der Waals surface area (Å²) >= 11 is 4.96. The standard InChI is InChI=1S/C14H22N4S/c1-9-3-5-11(6-4-9)8-16-14-17-10(2)7-12(18-14)13(15)19/h7,9,11H,3-6,8H2,1-2H3,(H2,15,19)(H,16,17,18). The van der Waals surface area contributed by atoms with Crippen LogP contribution in [0.25, 0.3) is 0 Å². The van der Waals surface area contributed by atoms with E-state index in [0.717, 1.165) is 24.1 Å². The highest BCUT2D eigenvalue weighted by Gasteiger charge is 2.18. The average Bonchev–Trinajstić information content (AvgIpc) is 2.37. The Hall–Kier alpha value is -1.23. The van der Waals surface area contributed by atoms with Gasteiger partial charge >= 0.3 is 0 Å². The number of rotatable bonds is 4. The Balaban J connectivity index is 1.94. The molecule has 0 radical (unpaired) electrons. The van der Waals surface area contributed by atoms with E-state index in [2.05, 4.69) is 22.2 Å². The van der Waals surface area contributed by atoms with Gasteiger partial charge in [0, 0.05) is 12.2 Å². The minimum atomic E-state index is 0.319. The van der Waals surface area contributed by atoms with Crippen molar-refractivity contribution in [2.75, 3.05) is 11.9 Å². The van der Waals surface area contributed by atoms with E-state index in [4.69, 9.17) is 18.0 Å². The Labute approximate surface area is 120 Å². The summed E-state index contributed by atoms with van der Waals surface area (Å²) < 4.78 is 0. The van der Waals surface area contributed by atoms with Crippen LogP contribution in [0.1, 0.15) is 44.0 Å². The number of nitrogens with one attached hydrogen (secondary N) is 1. The lowest BCUT2D eigenvalue weighted by Crippen LogP contribution is -2.22. The Morgan fingerprint density at radius 2 is 2.05 bits per heavy atom. The third-order valence-electron chi connectivity index (χ3n) is 3.79. The fraction of sp³-hybridized carbons (Fsp3) is 0.643. The maximum Gasteiger partial charge on any atom is 0.223 e. The van der Waals surface area contributed by atoms with E-state index in [9.17, 15) is 0 Å². The van der Waals surface area contributed by atoms with E-state index in [1.54, 1.807) is 0 Å². The lowest BCUT2D eigenvalue weighted by atomic mass is 9.83. The molecule has 0 amide bonds. The van der Waals surface area contributed by atoms with Crippen LogP contribution in [-0.2, 0) is 0 Å². The van der Waals surface area contributed by atoms with E-state index in [-0.39, 0.29) is 0 Å². The smallest absolute Gasteiger partial charge is 0.223 e. The predicted molar refractivity (Wildman–Crippen MR) is 82.3 cm³/mol. The molecule has 5 heteroatoms. The molecular weight excluding hydrogens is 256 g/mol. The van der Waals surface area contributed by atoms with Gasteiger partial charge < -0.3 is 11.1 Å². The van der Waals surface area contributed by atoms with Crippen molar-refractivity contribution < 1.29 is 0 Å². The highest BCUT2D eigenvalue weighted by atomic mass is 32.1. The first kappa shape index (κ1) is 14.2. The van der Waals surface area contributed by atoms with Gasteiger partial charge in [0.1, 0.15) is 10.7 Å². The van der Waals surface area contributed by atoms with Crippen LogP contribution in [0.3, 0.4) is 0 Å². The van der Waals surface area contributed by atoms with Gasteiger partial charge in [-0.15, -0.1) is 0 Å².